The molecule has 7 nitrogen and oxygen atoms in total. The number of likely N-dealkylation sites (tertiary alicyclic amines) is 1. The van der Waals surface area contributed by atoms with Crippen LogP contribution in [0.15, 0.2) is 18.2 Å². The Balaban J connectivity index is 1.32. The summed E-state index contributed by atoms with van der Waals surface area (Å²) in [6.45, 7) is 3.51. The molecule has 0 bridgehead atoms. The van der Waals surface area contributed by atoms with Crippen LogP contribution >= 0.6 is 0 Å². The molecule has 4 heterocycles. The molecule has 1 unspecified atom stereocenters. The fraction of sp³-hybridized carbons (Fsp3) is 0.571. The first-order valence-electron chi connectivity index (χ1n) is 10.3. The van der Waals surface area contributed by atoms with Gasteiger partial charge in [-0.3, -0.25) is 24.6 Å². The van der Waals surface area contributed by atoms with Gasteiger partial charge in [-0.1, -0.05) is 12.1 Å². The van der Waals surface area contributed by atoms with Crippen molar-refractivity contribution in [1.29, 1.82) is 0 Å². The maximum atomic E-state index is 13.0. The summed E-state index contributed by atoms with van der Waals surface area (Å²) in [6.07, 6.45) is 4.35. The third-order valence-electron chi connectivity index (χ3n) is 6.72. The Morgan fingerprint density at radius 3 is 2.86 bits per heavy atom. The van der Waals surface area contributed by atoms with Crippen molar-refractivity contribution < 1.29 is 14.4 Å². The number of rotatable bonds is 3. The molecule has 5 rings (SSSR count). The molecule has 3 atom stereocenters. The normalized spacial score (nSPS) is 30.4. The van der Waals surface area contributed by atoms with Gasteiger partial charge in [0.15, 0.2) is 0 Å². The SMILES string of the molecule is O=C1CCC(N2Cc3ccc(CN4CCC[C@@H]5NCC[C@@H]54)cc3C2=O)C(=O)N1. The van der Waals surface area contributed by atoms with E-state index in [0.717, 1.165) is 30.8 Å². The molecule has 1 aromatic carbocycles. The number of carbonyl (C=O) groups is 3. The zero-order valence-corrected chi connectivity index (χ0v) is 15.9. The molecule has 4 aliphatic rings. The van der Waals surface area contributed by atoms with Crippen molar-refractivity contribution >= 4 is 17.7 Å². The second-order valence-electron chi connectivity index (χ2n) is 8.42. The standard InChI is InChI=1S/C21H26N4O3/c26-19-6-5-18(20(27)23-19)25-12-14-4-3-13(10-15(14)21(25)28)11-24-9-1-2-16-17(24)7-8-22-16/h3-4,10,16-18,22H,1-2,5-9,11-12H2,(H,23,26,27)/t16-,17-,18?/m0/s1. The van der Waals surface area contributed by atoms with Crippen molar-refractivity contribution in [3.63, 3.8) is 0 Å². The van der Waals surface area contributed by atoms with E-state index in [0.29, 0.717) is 30.6 Å². The zero-order chi connectivity index (χ0) is 19.3. The van der Waals surface area contributed by atoms with Crippen LogP contribution in [-0.4, -0.2) is 58.7 Å². The predicted molar refractivity (Wildman–Crippen MR) is 102 cm³/mol. The maximum absolute atomic E-state index is 13.0. The Kier molecular flexibility index (Phi) is 4.44. The number of piperidine rings is 2. The fourth-order valence-electron chi connectivity index (χ4n) is 5.30. The summed E-state index contributed by atoms with van der Waals surface area (Å²) in [7, 11) is 0. The van der Waals surface area contributed by atoms with Crippen LogP contribution in [0, 0.1) is 0 Å². The Morgan fingerprint density at radius 2 is 2.00 bits per heavy atom. The number of fused-ring (bicyclic) bond motifs is 2. The fourth-order valence-corrected chi connectivity index (χ4v) is 5.30. The largest absolute Gasteiger partial charge is 0.322 e. The van der Waals surface area contributed by atoms with Gasteiger partial charge in [0.05, 0.1) is 0 Å². The number of carbonyl (C=O) groups excluding carboxylic acids is 3. The van der Waals surface area contributed by atoms with Crippen molar-refractivity contribution in [3.05, 3.63) is 34.9 Å². The third-order valence-corrected chi connectivity index (χ3v) is 6.72. The van der Waals surface area contributed by atoms with Crippen molar-refractivity contribution in [2.45, 2.75) is 63.3 Å². The minimum absolute atomic E-state index is 0.0922. The summed E-state index contributed by atoms with van der Waals surface area (Å²) in [5.41, 5.74) is 2.84. The molecule has 1 aromatic rings. The lowest BCUT2D eigenvalue weighted by Gasteiger charge is -2.37. The molecular weight excluding hydrogens is 356 g/mol. The van der Waals surface area contributed by atoms with E-state index < -0.39 is 6.04 Å². The lowest BCUT2D eigenvalue weighted by Crippen LogP contribution is -2.52. The van der Waals surface area contributed by atoms with Crippen molar-refractivity contribution in [1.82, 2.24) is 20.4 Å². The summed E-state index contributed by atoms with van der Waals surface area (Å²) in [5, 5.41) is 5.96. The first kappa shape index (κ1) is 17.8. The van der Waals surface area contributed by atoms with Crippen molar-refractivity contribution in [3.8, 4) is 0 Å². The second kappa shape index (κ2) is 6.97. The van der Waals surface area contributed by atoms with E-state index >= 15 is 0 Å². The number of hydrogen-bond acceptors (Lipinski definition) is 5. The number of amides is 3. The van der Waals surface area contributed by atoms with Gasteiger partial charge in [-0.15, -0.1) is 0 Å². The monoisotopic (exact) mass is 382 g/mol. The van der Waals surface area contributed by atoms with Gasteiger partial charge in [0, 0.05) is 37.2 Å². The first-order chi connectivity index (χ1) is 13.6. The summed E-state index contributed by atoms with van der Waals surface area (Å²) in [6, 6.07) is 6.81. The molecule has 0 spiro atoms. The van der Waals surface area contributed by atoms with Gasteiger partial charge in [-0.2, -0.15) is 0 Å². The second-order valence-corrected chi connectivity index (χ2v) is 8.42. The van der Waals surface area contributed by atoms with E-state index in [2.05, 4.69) is 21.6 Å². The molecule has 3 saturated heterocycles. The average molecular weight is 382 g/mol. The zero-order valence-electron chi connectivity index (χ0n) is 15.9. The summed E-state index contributed by atoms with van der Waals surface area (Å²) < 4.78 is 0. The molecule has 0 aromatic heterocycles. The predicted octanol–water partition coefficient (Wildman–Crippen LogP) is 0.774. The molecule has 3 fully saturated rings. The Labute approximate surface area is 164 Å². The molecule has 0 radical (unpaired) electrons. The molecule has 3 amide bonds. The molecule has 7 heteroatoms. The lowest BCUT2D eigenvalue weighted by atomic mass is 9.96. The highest BCUT2D eigenvalue weighted by atomic mass is 16.2. The van der Waals surface area contributed by atoms with Gasteiger partial charge < -0.3 is 10.2 Å². The summed E-state index contributed by atoms with van der Waals surface area (Å²) in [4.78, 5) is 40.7. The maximum Gasteiger partial charge on any atom is 0.255 e. The van der Waals surface area contributed by atoms with Gasteiger partial charge in [-0.05, 0) is 56.0 Å². The number of hydrogen-bond donors (Lipinski definition) is 2. The highest BCUT2D eigenvalue weighted by molar-refractivity contribution is 6.05. The first-order valence-corrected chi connectivity index (χ1v) is 10.3. The van der Waals surface area contributed by atoms with Crippen LogP contribution in [0.25, 0.3) is 0 Å². The van der Waals surface area contributed by atoms with Gasteiger partial charge >= 0.3 is 0 Å². The van der Waals surface area contributed by atoms with Crippen molar-refractivity contribution in [2.75, 3.05) is 13.1 Å². The smallest absolute Gasteiger partial charge is 0.255 e. The van der Waals surface area contributed by atoms with E-state index in [1.165, 1.54) is 19.3 Å². The summed E-state index contributed by atoms with van der Waals surface area (Å²) >= 11 is 0. The van der Waals surface area contributed by atoms with E-state index in [-0.39, 0.29) is 24.1 Å². The van der Waals surface area contributed by atoms with Crippen LogP contribution in [0.4, 0.5) is 0 Å². The molecule has 148 valence electrons. The Morgan fingerprint density at radius 1 is 1.11 bits per heavy atom. The van der Waals surface area contributed by atoms with Gasteiger partial charge in [0.2, 0.25) is 11.8 Å². The number of imide groups is 1. The molecule has 0 aliphatic carbocycles. The number of nitrogens with one attached hydrogen (secondary N) is 2. The minimum atomic E-state index is -0.548. The molecule has 28 heavy (non-hydrogen) atoms. The van der Waals surface area contributed by atoms with Crippen LogP contribution in [0.3, 0.4) is 0 Å². The van der Waals surface area contributed by atoms with Crippen LogP contribution in [0.1, 0.15) is 53.6 Å². The molecule has 0 saturated carbocycles. The van der Waals surface area contributed by atoms with Crippen LogP contribution in [-0.2, 0) is 22.7 Å². The quantitative estimate of drug-likeness (QED) is 0.755. The summed E-state index contributed by atoms with van der Waals surface area (Å²) in [5.74, 6) is -0.704. The van der Waals surface area contributed by atoms with E-state index in [1.54, 1.807) is 4.90 Å². The van der Waals surface area contributed by atoms with Gasteiger partial charge in [-0.25, -0.2) is 0 Å². The highest BCUT2D eigenvalue weighted by Gasteiger charge is 2.39. The van der Waals surface area contributed by atoms with Gasteiger partial charge in [0.1, 0.15) is 6.04 Å². The minimum Gasteiger partial charge on any atom is -0.322 e. The van der Waals surface area contributed by atoms with Crippen LogP contribution < -0.4 is 10.6 Å². The lowest BCUT2D eigenvalue weighted by molar-refractivity contribution is -0.136. The highest BCUT2D eigenvalue weighted by Crippen LogP contribution is 2.30. The van der Waals surface area contributed by atoms with E-state index in [1.807, 2.05) is 12.1 Å². The van der Waals surface area contributed by atoms with E-state index in [4.69, 9.17) is 0 Å². The van der Waals surface area contributed by atoms with Crippen molar-refractivity contribution in [2.24, 2.45) is 0 Å². The third kappa shape index (κ3) is 3.02. The number of nitrogens with zero attached hydrogens (tertiary/aromatic N) is 2. The molecule has 2 N–H and O–H groups in total. The van der Waals surface area contributed by atoms with Crippen LogP contribution in [0.2, 0.25) is 0 Å². The average Bonchev–Trinajstić information content (AvgIpc) is 3.28. The Hall–Kier alpha value is -2.25. The van der Waals surface area contributed by atoms with E-state index in [9.17, 15) is 14.4 Å². The number of benzene rings is 1. The topological polar surface area (TPSA) is 81.8 Å². The van der Waals surface area contributed by atoms with Gasteiger partial charge in [0.25, 0.3) is 5.91 Å². The molecule has 4 aliphatic heterocycles. The molecular formula is C21H26N4O3. The Bertz CT molecular complexity index is 839. The van der Waals surface area contributed by atoms with Crippen LogP contribution in [0.5, 0.6) is 0 Å².